The molecule has 1 aromatic heterocycles. The van der Waals surface area contributed by atoms with Crippen LogP contribution in [0, 0.1) is 13.8 Å². The van der Waals surface area contributed by atoms with E-state index in [9.17, 15) is 8.42 Å². The van der Waals surface area contributed by atoms with E-state index in [1.165, 1.54) is 11.4 Å². The second-order valence-corrected chi connectivity index (χ2v) is 6.31. The molecule has 6 nitrogen and oxygen atoms in total. The smallest absolute Gasteiger partial charge is 0.246 e. The fraction of sp³-hybridized carbons (Fsp3) is 0.556. The number of aryl methyl sites for hydroxylation is 2. The molecule has 1 aromatic rings. The number of nitrogens with one attached hydrogen (secondary N) is 1. The second-order valence-electron chi connectivity index (χ2n) is 3.81. The van der Waals surface area contributed by atoms with Crippen molar-refractivity contribution < 1.29 is 8.42 Å². The summed E-state index contributed by atoms with van der Waals surface area (Å²) in [5, 5.41) is 6.54. The molecule has 0 amide bonds. The van der Waals surface area contributed by atoms with Gasteiger partial charge in [0.1, 0.15) is 4.90 Å². The van der Waals surface area contributed by atoms with Gasteiger partial charge in [0.25, 0.3) is 0 Å². The van der Waals surface area contributed by atoms with Gasteiger partial charge in [-0.25, -0.2) is 12.7 Å². The zero-order chi connectivity index (χ0) is 13.2. The average molecular weight is 276 g/mol. The minimum absolute atomic E-state index is 0.225. The molecule has 0 atom stereocenters. The molecule has 3 N–H and O–H groups in total. The van der Waals surface area contributed by atoms with E-state index in [0.717, 1.165) is 0 Å². The Hall–Kier alpha value is -0.990. The van der Waals surface area contributed by atoms with Crippen molar-refractivity contribution in [2.24, 2.45) is 5.73 Å². The minimum atomic E-state index is -3.53. The van der Waals surface area contributed by atoms with Crippen molar-refractivity contribution >= 4 is 27.2 Å². The highest BCUT2D eigenvalue weighted by atomic mass is 32.2. The number of rotatable bonds is 5. The van der Waals surface area contributed by atoms with Gasteiger partial charge in [-0.05, 0) is 13.8 Å². The van der Waals surface area contributed by atoms with Crippen LogP contribution in [0.25, 0.3) is 0 Å². The summed E-state index contributed by atoms with van der Waals surface area (Å²) in [5.41, 5.74) is 6.35. The van der Waals surface area contributed by atoms with Gasteiger partial charge in [0.05, 0.1) is 16.4 Å². The molecule has 0 fully saturated rings. The standard InChI is InChI=1S/C9H16N4O2S2/c1-6-9(7(2)12-11-6)17(14,15)13(3)5-4-8(10)16/h4-5H2,1-3H3,(H2,10,16)(H,11,12). The quantitative estimate of drug-likeness (QED) is 0.756. The molecule has 0 aromatic carbocycles. The van der Waals surface area contributed by atoms with Crippen LogP contribution >= 0.6 is 12.2 Å². The van der Waals surface area contributed by atoms with E-state index in [-0.39, 0.29) is 11.4 Å². The first-order valence-electron chi connectivity index (χ1n) is 5.03. The van der Waals surface area contributed by atoms with E-state index < -0.39 is 10.0 Å². The Morgan fingerprint density at radius 1 is 1.53 bits per heavy atom. The third-order valence-corrected chi connectivity index (χ3v) is 4.73. The van der Waals surface area contributed by atoms with Gasteiger partial charge in [-0.2, -0.15) is 5.10 Å². The number of thiocarbonyl (C=S) groups is 1. The van der Waals surface area contributed by atoms with Crippen LogP contribution in [0.1, 0.15) is 17.8 Å². The first-order chi connectivity index (χ1) is 7.76. The van der Waals surface area contributed by atoms with E-state index in [0.29, 0.717) is 22.8 Å². The maximum Gasteiger partial charge on any atom is 0.246 e. The molecule has 0 saturated carbocycles. The van der Waals surface area contributed by atoms with Crippen molar-refractivity contribution in [1.82, 2.24) is 14.5 Å². The summed E-state index contributed by atoms with van der Waals surface area (Å²) in [6.07, 6.45) is 0.362. The Morgan fingerprint density at radius 2 is 2.12 bits per heavy atom. The summed E-state index contributed by atoms with van der Waals surface area (Å²) < 4.78 is 25.7. The highest BCUT2D eigenvalue weighted by Gasteiger charge is 2.26. The van der Waals surface area contributed by atoms with Crippen LogP contribution in [0.15, 0.2) is 4.90 Å². The highest BCUT2D eigenvalue weighted by molar-refractivity contribution is 7.89. The van der Waals surface area contributed by atoms with Crippen LogP contribution in [0.5, 0.6) is 0 Å². The second kappa shape index (κ2) is 5.11. The molecule has 0 aliphatic carbocycles. The maximum absolute atomic E-state index is 12.2. The fourth-order valence-corrected chi connectivity index (χ4v) is 3.05. The molecule has 0 radical (unpaired) electrons. The largest absolute Gasteiger partial charge is 0.393 e. The Bertz CT molecular complexity index is 502. The van der Waals surface area contributed by atoms with Gasteiger partial charge < -0.3 is 5.73 Å². The lowest BCUT2D eigenvalue weighted by atomic mass is 10.4. The summed E-state index contributed by atoms with van der Waals surface area (Å²) in [6.45, 7) is 3.59. The number of nitrogens with two attached hydrogens (primary N) is 1. The van der Waals surface area contributed by atoms with E-state index in [1.54, 1.807) is 13.8 Å². The van der Waals surface area contributed by atoms with Crippen molar-refractivity contribution in [3.05, 3.63) is 11.4 Å². The SMILES string of the molecule is Cc1n[nH]c(C)c1S(=O)(=O)N(C)CCC(N)=S. The minimum Gasteiger partial charge on any atom is -0.393 e. The van der Waals surface area contributed by atoms with Crippen LogP contribution in [0.2, 0.25) is 0 Å². The molecule has 0 unspecified atom stereocenters. The molecule has 1 heterocycles. The normalized spacial score (nSPS) is 12.0. The molecule has 0 bridgehead atoms. The third-order valence-electron chi connectivity index (χ3n) is 2.40. The van der Waals surface area contributed by atoms with Gasteiger partial charge in [-0.1, -0.05) is 12.2 Å². The molecule has 17 heavy (non-hydrogen) atoms. The van der Waals surface area contributed by atoms with Crippen molar-refractivity contribution in [2.75, 3.05) is 13.6 Å². The summed E-state index contributed by atoms with van der Waals surface area (Å²) in [6, 6.07) is 0. The number of aromatic nitrogens is 2. The lowest BCUT2D eigenvalue weighted by molar-refractivity contribution is 0.478. The first kappa shape index (κ1) is 14.1. The third kappa shape index (κ3) is 3.02. The molecule has 0 saturated heterocycles. The van der Waals surface area contributed by atoms with Crippen LogP contribution in [0.4, 0.5) is 0 Å². The Morgan fingerprint density at radius 3 is 2.53 bits per heavy atom. The van der Waals surface area contributed by atoms with Crippen LogP contribution in [-0.4, -0.2) is 41.5 Å². The van der Waals surface area contributed by atoms with Crippen molar-refractivity contribution in [1.29, 1.82) is 0 Å². The number of hydrogen-bond acceptors (Lipinski definition) is 4. The van der Waals surface area contributed by atoms with Gasteiger partial charge in [0.2, 0.25) is 10.0 Å². The number of H-pyrrole nitrogens is 1. The van der Waals surface area contributed by atoms with Gasteiger partial charge in [-0.3, -0.25) is 5.10 Å². The van der Waals surface area contributed by atoms with Gasteiger partial charge in [0.15, 0.2) is 0 Å². The summed E-state index contributed by atoms with van der Waals surface area (Å²) in [7, 11) is -2.03. The molecule has 96 valence electrons. The molecular formula is C9H16N4O2S2. The first-order valence-corrected chi connectivity index (χ1v) is 6.88. The highest BCUT2D eigenvalue weighted by Crippen LogP contribution is 2.20. The molecule has 0 spiro atoms. The van der Waals surface area contributed by atoms with Gasteiger partial charge in [0, 0.05) is 20.0 Å². The van der Waals surface area contributed by atoms with E-state index in [1.807, 2.05) is 0 Å². The van der Waals surface area contributed by atoms with Gasteiger partial charge >= 0.3 is 0 Å². The summed E-state index contributed by atoms with van der Waals surface area (Å²) >= 11 is 4.73. The predicted octanol–water partition coefficient (Wildman–Crippen LogP) is 0.323. The fourth-order valence-electron chi connectivity index (χ4n) is 1.46. The number of hydrogen-bond donors (Lipinski definition) is 2. The lowest BCUT2D eigenvalue weighted by Gasteiger charge is -2.16. The molecule has 1 rings (SSSR count). The number of nitrogens with zero attached hydrogens (tertiary/aromatic N) is 2. The Kier molecular flexibility index (Phi) is 4.23. The monoisotopic (exact) mass is 276 g/mol. The molecule has 0 aliphatic rings. The van der Waals surface area contributed by atoms with E-state index in [4.69, 9.17) is 18.0 Å². The van der Waals surface area contributed by atoms with Crippen LogP contribution < -0.4 is 5.73 Å². The predicted molar refractivity (Wildman–Crippen MR) is 69.3 cm³/mol. The maximum atomic E-state index is 12.2. The molecular weight excluding hydrogens is 260 g/mol. The molecule has 8 heteroatoms. The van der Waals surface area contributed by atoms with Gasteiger partial charge in [-0.15, -0.1) is 0 Å². The summed E-state index contributed by atoms with van der Waals surface area (Å²) in [4.78, 5) is 0.524. The van der Waals surface area contributed by atoms with Crippen LogP contribution in [0.3, 0.4) is 0 Å². The van der Waals surface area contributed by atoms with E-state index in [2.05, 4.69) is 10.2 Å². The zero-order valence-corrected chi connectivity index (χ0v) is 11.7. The van der Waals surface area contributed by atoms with Crippen molar-refractivity contribution in [2.45, 2.75) is 25.2 Å². The lowest BCUT2D eigenvalue weighted by Crippen LogP contribution is -2.30. The van der Waals surface area contributed by atoms with Crippen molar-refractivity contribution in [3.63, 3.8) is 0 Å². The summed E-state index contributed by atoms with van der Waals surface area (Å²) in [5.74, 6) is 0. The van der Waals surface area contributed by atoms with E-state index >= 15 is 0 Å². The number of sulfonamides is 1. The Balaban J connectivity index is 2.99. The average Bonchev–Trinajstić information content (AvgIpc) is 2.55. The molecule has 0 aliphatic heterocycles. The Labute approximate surface area is 106 Å². The zero-order valence-electron chi connectivity index (χ0n) is 10.0. The topological polar surface area (TPSA) is 92.1 Å². The van der Waals surface area contributed by atoms with Crippen molar-refractivity contribution in [3.8, 4) is 0 Å². The van der Waals surface area contributed by atoms with Crippen LogP contribution in [-0.2, 0) is 10.0 Å². The number of aromatic amines is 1.